The van der Waals surface area contributed by atoms with E-state index in [1.54, 1.807) is 25.4 Å². The summed E-state index contributed by atoms with van der Waals surface area (Å²) in [7, 11) is -1.45. The summed E-state index contributed by atoms with van der Waals surface area (Å²) in [6.07, 6.45) is 3.27. The molecular weight excluding hydrogens is 328 g/mol. The number of anilines is 1. The molecule has 128 valence electrons. The maximum atomic E-state index is 12.2. The number of sulfonamides is 1. The molecule has 7 nitrogen and oxygen atoms in total. The first-order chi connectivity index (χ1) is 11.4. The Hall–Kier alpha value is -1.93. The van der Waals surface area contributed by atoms with E-state index in [9.17, 15) is 13.2 Å². The molecule has 1 aliphatic carbocycles. The standard InChI is InChI=1S/C16H20N4O3S/c1-18(24(22,23)13-5-6-13)9-12-10-19(11-12)15-8-16(21)20-7-3-2-4-14(20)17-15/h2-4,7-8,12-13H,5-6,9-11H2,1H3. The van der Waals surface area contributed by atoms with Gasteiger partial charge in [0, 0.05) is 44.9 Å². The van der Waals surface area contributed by atoms with Crippen molar-refractivity contribution in [2.24, 2.45) is 5.92 Å². The van der Waals surface area contributed by atoms with Crippen molar-refractivity contribution in [2.45, 2.75) is 18.1 Å². The second-order valence-corrected chi connectivity index (χ2v) is 9.00. The summed E-state index contributed by atoms with van der Waals surface area (Å²) in [6.45, 7) is 1.97. The Balaban J connectivity index is 1.43. The first-order valence-corrected chi connectivity index (χ1v) is 9.64. The van der Waals surface area contributed by atoms with Gasteiger partial charge in [-0.2, -0.15) is 0 Å². The molecule has 1 saturated carbocycles. The molecule has 0 amide bonds. The molecule has 0 bridgehead atoms. The smallest absolute Gasteiger partial charge is 0.259 e. The quantitative estimate of drug-likeness (QED) is 0.789. The van der Waals surface area contributed by atoms with Gasteiger partial charge in [0.15, 0.2) is 0 Å². The fraction of sp³-hybridized carbons (Fsp3) is 0.500. The van der Waals surface area contributed by atoms with Crippen molar-refractivity contribution in [3.8, 4) is 0 Å². The zero-order valence-corrected chi connectivity index (χ0v) is 14.3. The number of nitrogens with zero attached hydrogens (tertiary/aromatic N) is 4. The molecule has 0 spiro atoms. The molecular formula is C16H20N4O3S. The van der Waals surface area contributed by atoms with E-state index in [1.165, 1.54) is 14.8 Å². The Bertz CT molecular complexity index is 930. The van der Waals surface area contributed by atoms with Gasteiger partial charge in [0.1, 0.15) is 11.5 Å². The van der Waals surface area contributed by atoms with Crippen molar-refractivity contribution in [1.82, 2.24) is 13.7 Å². The number of aromatic nitrogens is 2. The van der Waals surface area contributed by atoms with E-state index >= 15 is 0 Å². The first kappa shape index (κ1) is 15.6. The van der Waals surface area contributed by atoms with Crippen LogP contribution in [0.1, 0.15) is 12.8 Å². The Morgan fingerprint density at radius 1 is 1.29 bits per heavy atom. The average Bonchev–Trinajstić information content (AvgIpc) is 3.35. The minimum Gasteiger partial charge on any atom is -0.356 e. The molecule has 0 aromatic carbocycles. The van der Waals surface area contributed by atoms with E-state index in [1.807, 2.05) is 11.0 Å². The lowest BCUT2D eigenvalue weighted by atomic mass is 10.0. The summed E-state index contributed by atoms with van der Waals surface area (Å²) in [4.78, 5) is 18.7. The second kappa shape index (κ2) is 5.56. The minimum absolute atomic E-state index is 0.104. The molecule has 0 radical (unpaired) electrons. The molecule has 0 unspecified atom stereocenters. The van der Waals surface area contributed by atoms with Gasteiger partial charge >= 0.3 is 0 Å². The van der Waals surface area contributed by atoms with Crippen LogP contribution in [-0.4, -0.2) is 54.0 Å². The van der Waals surface area contributed by atoms with Gasteiger partial charge < -0.3 is 4.90 Å². The van der Waals surface area contributed by atoms with Crippen LogP contribution in [0.3, 0.4) is 0 Å². The van der Waals surface area contributed by atoms with Gasteiger partial charge in [-0.25, -0.2) is 17.7 Å². The second-order valence-electron chi connectivity index (χ2n) is 6.68. The predicted molar refractivity (Wildman–Crippen MR) is 91.7 cm³/mol. The molecule has 2 fully saturated rings. The largest absolute Gasteiger partial charge is 0.356 e. The van der Waals surface area contributed by atoms with Crippen LogP contribution < -0.4 is 10.5 Å². The molecule has 2 aromatic rings. The van der Waals surface area contributed by atoms with Gasteiger partial charge in [-0.15, -0.1) is 0 Å². The van der Waals surface area contributed by atoms with E-state index in [-0.39, 0.29) is 16.7 Å². The number of hydrogen-bond donors (Lipinski definition) is 0. The summed E-state index contributed by atoms with van der Waals surface area (Å²) in [6, 6.07) is 6.99. The maximum Gasteiger partial charge on any atom is 0.259 e. The molecule has 2 aliphatic rings. The maximum absolute atomic E-state index is 12.2. The van der Waals surface area contributed by atoms with Gasteiger partial charge in [0.05, 0.1) is 5.25 Å². The van der Waals surface area contributed by atoms with E-state index in [0.29, 0.717) is 18.0 Å². The van der Waals surface area contributed by atoms with Crippen molar-refractivity contribution in [3.63, 3.8) is 0 Å². The van der Waals surface area contributed by atoms with Crippen LogP contribution in [0.5, 0.6) is 0 Å². The number of rotatable bonds is 5. The molecule has 24 heavy (non-hydrogen) atoms. The number of pyridine rings is 1. The molecule has 2 aromatic heterocycles. The van der Waals surface area contributed by atoms with Crippen molar-refractivity contribution in [3.05, 3.63) is 40.8 Å². The third-order valence-corrected chi connectivity index (χ3v) is 7.07. The van der Waals surface area contributed by atoms with Crippen LogP contribution >= 0.6 is 0 Å². The highest BCUT2D eigenvalue weighted by molar-refractivity contribution is 7.90. The van der Waals surface area contributed by atoms with Gasteiger partial charge in [0.25, 0.3) is 5.56 Å². The summed E-state index contributed by atoms with van der Waals surface area (Å²) < 4.78 is 27.3. The lowest BCUT2D eigenvalue weighted by Crippen LogP contribution is -2.52. The number of fused-ring (bicyclic) bond motifs is 1. The zero-order valence-electron chi connectivity index (χ0n) is 13.5. The van der Waals surface area contributed by atoms with E-state index in [0.717, 1.165) is 25.9 Å². The third kappa shape index (κ3) is 2.69. The van der Waals surface area contributed by atoms with Crippen molar-refractivity contribution >= 4 is 21.5 Å². The Morgan fingerprint density at radius 2 is 2.04 bits per heavy atom. The van der Waals surface area contributed by atoms with Gasteiger partial charge in [0.2, 0.25) is 10.0 Å². The summed E-state index contributed by atoms with van der Waals surface area (Å²) in [5.41, 5.74) is 0.518. The monoisotopic (exact) mass is 348 g/mol. The molecule has 3 heterocycles. The Labute approximate surface area is 140 Å². The SMILES string of the molecule is CN(CC1CN(c2cc(=O)n3ccccc3n2)C1)S(=O)(=O)C1CC1. The van der Waals surface area contributed by atoms with E-state index in [4.69, 9.17) is 0 Å². The van der Waals surface area contributed by atoms with Gasteiger partial charge in [-0.1, -0.05) is 6.07 Å². The molecule has 1 saturated heterocycles. The van der Waals surface area contributed by atoms with Crippen LogP contribution in [0.2, 0.25) is 0 Å². The fourth-order valence-electron chi connectivity index (χ4n) is 3.16. The first-order valence-electron chi connectivity index (χ1n) is 8.14. The lowest BCUT2D eigenvalue weighted by Gasteiger charge is -2.41. The summed E-state index contributed by atoms with van der Waals surface area (Å²) >= 11 is 0. The summed E-state index contributed by atoms with van der Waals surface area (Å²) in [5.74, 6) is 0.940. The Morgan fingerprint density at radius 3 is 2.75 bits per heavy atom. The van der Waals surface area contributed by atoms with Crippen molar-refractivity contribution < 1.29 is 8.42 Å². The Kier molecular flexibility index (Phi) is 3.61. The van der Waals surface area contributed by atoms with E-state index in [2.05, 4.69) is 4.98 Å². The topological polar surface area (TPSA) is 75.0 Å². The van der Waals surface area contributed by atoms with Gasteiger partial charge in [-0.3, -0.25) is 9.20 Å². The normalized spacial score (nSPS) is 19.0. The third-order valence-electron chi connectivity index (χ3n) is 4.73. The molecule has 8 heteroatoms. The van der Waals surface area contributed by atoms with Gasteiger partial charge in [-0.05, 0) is 25.0 Å². The highest BCUT2D eigenvalue weighted by Crippen LogP contribution is 2.31. The van der Waals surface area contributed by atoms with E-state index < -0.39 is 10.0 Å². The van der Waals surface area contributed by atoms with Crippen LogP contribution in [0.25, 0.3) is 5.65 Å². The van der Waals surface area contributed by atoms with Crippen LogP contribution in [0.4, 0.5) is 5.82 Å². The fourth-order valence-corrected chi connectivity index (χ4v) is 4.82. The van der Waals surface area contributed by atoms with Crippen LogP contribution in [-0.2, 0) is 10.0 Å². The highest BCUT2D eigenvalue weighted by atomic mass is 32.2. The molecule has 0 N–H and O–H groups in total. The molecule has 0 atom stereocenters. The minimum atomic E-state index is -3.11. The zero-order chi connectivity index (χ0) is 16.9. The predicted octanol–water partition coefficient (Wildman–Crippen LogP) is 0.555. The average molecular weight is 348 g/mol. The molecule has 4 rings (SSSR count). The van der Waals surface area contributed by atoms with Crippen LogP contribution in [0, 0.1) is 5.92 Å². The van der Waals surface area contributed by atoms with Crippen molar-refractivity contribution in [1.29, 1.82) is 0 Å². The van der Waals surface area contributed by atoms with Crippen molar-refractivity contribution in [2.75, 3.05) is 31.6 Å². The lowest BCUT2D eigenvalue weighted by molar-refractivity contribution is 0.325. The summed E-state index contributed by atoms with van der Waals surface area (Å²) in [5, 5.41) is -0.166. The molecule has 1 aliphatic heterocycles. The van der Waals surface area contributed by atoms with Crippen LogP contribution in [0.15, 0.2) is 35.3 Å². The number of hydrogen-bond acceptors (Lipinski definition) is 5. The highest BCUT2D eigenvalue weighted by Gasteiger charge is 2.40.